The van der Waals surface area contributed by atoms with Gasteiger partial charge in [0.25, 0.3) is 5.89 Å². The fraction of sp³-hybridized carbons (Fsp3) is 0.545. The number of morpholine rings is 1. The van der Waals surface area contributed by atoms with Gasteiger partial charge in [0, 0.05) is 13.6 Å². The number of nitrogens with one attached hydrogen (secondary N) is 1. The van der Waals surface area contributed by atoms with E-state index >= 15 is 0 Å². The zero-order valence-electron chi connectivity index (χ0n) is 10.4. The third-order valence-corrected chi connectivity index (χ3v) is 2.90. The summed E-state index contributed by atoms with van der Waals surface area (Å²) in [5.74, 6) is 1.11. The molecule has 0 bridgehead atoms. The van der Waals surface area contributed by atoms with E-state index in [4.69, 9.17) is 9.26 Å². The Bertz CT molecular complexity index is 541. The summed E-state index contributed by atoms with van der Waals surface area (Å²) in [5.41, 5.74) is 1.74. The largest absolute Gasteiger partial charge is 0.378 e. The van der Waals surface area contributed by atoms with E-state index in [1.807, 2.05) is 20.0 Å². The molecule has 0 aliphatic carbocycles. The van der Waals surface area contributed by atoms with Gasteiger partial charge in [0.2, 0.25) is 0 Å². The van der Waals surface area contributed by atoms with Crippen LogP contribution >= 0.6 is 0 Å². The minimum absolute atomic E-state index is 0.00516. The van der Waals surface area contributed by atoms with Crippen LogP contribution in [0.5, 0.6) is 0 Å². The molecule has 0 amide bonds. The van der Waals surface area contributed by atoms with E-state index in [1.165, 1.54) is 0 Å². The van der Waals surface area contributed by atoms with Crippen LogP contribution in [0.15, 0.2) is 10.6 Å². The Morgan fingerprint density at radius 1 is 1.50 bits per heavy atom. The quantitative estimate of drug-likeness (QED) is 0.832. The first kappa shape index (κ1) is 11.4. The molecule has 1 fully saturated rings. The van der Waals surface area contributed by atoms with Crippen molar-refractivity contribution in [3.05, 3.63) is 17.6 Å². The molecular formula is C11H15N5O2. The lowest BCUT2D eigenvalue weighted by atomic mass is 10.2. The minimum Gasteiger partial charge on any atom is -0.378 e. The smallest absolute Gasteiger partial charge is 0.276 e. The first-order valence-electron chi connectivity index (χ1n) is 5.90. The minimum atomic E-state index is 0.00516. The topological polar surface area (TPSA) is 78.0 Å². The molecule has 3 heterocycles. The standard InChI is InChI=1S/C11H15N5O2/c1-7-5-9(16(2)14-7)11-13-10(15-18-11)8-6-17-4-3-12-8/h5,8,12H,3-4,6H2,1-2H3. The lowest BCUT2D eigenvalue weighted by molar-refractivity contribution is 0.0734. The molecule has 1 aliphatic heterocycles. The summed E-state index contributed by atoms with van der Waals surface area (Å²) in [6, 6.07) is 1.92. The SMILES string of the molecule is Cc1cc(-c2nc(C3COCCN3)no2)n(C)n1. The number of rotatable bonds is 2. The van der Waals surface area contributed by atoms with Crippen LogP contribution < -0.4 is 5.32 Å². The second kappa shape index (κ2) is 4.51. The van der Waals surface area contributed by atoms with E-state index in [2.05, 4.69) is 20.6 Å². The summed E-state index contributed by atoms with van der Waals surface area (Å²) < 4.78 is 12.4. The molecular weight excluding hydrogens is 234 g/mol. The monoisotopic (exact) mass is 249 g/mol. The molecule has 2 aromatic heterocycles. The average Bonchev–Trinajstić information content (AvgIpc) is 2.97. The number of ether oxygens (including phenoxy) is 1. The molecule has 7 nitrogen and oxygen atoms in total. The van der Waals surface area contributed by atoms with Crippen LogP contribution in [0.2, 0.25) is 0 Å². The second-order valence-electron chi connectivity index (χ2n) is 4.33. The van der Waals surface area contributed by atoms with E-state index in [9.17, 15) is 0 Å². The van der Waals surface area contributed by atoms with Crippen molar-refractivity contribution in [2.75, 3.05) is 19.8 Å². The summed E-state index contributed by atoms with van der Waals surface area (Å²) >= 11 is 0. The molecule has 0 aromatic carbocycles. The fourth-order valence-corrected chi connectivity index (χ4v) is 2.02. The van der Waals surface area contributed by atoms with Gasteiger partial charge in [0.15, 0.2) is 5.82 Å². The first-order valence-corrected chi connectivity index (χ1v) is 5.90. The molecule has 18 heavy (non-hydrogen) atoms. The average molecular weight is 249 g/mol. The van der Waals surface area contributed by atoms with Gasteiger partial charge < -0.3 is 14.6 Å². The number of aryl methyl sites for hydroxylation is 2. The van der Waals surface area contributed by atoms with Gasteiger partial charge in [0.1, 0.15) is 5.69 Å². The Hall–Kier alpha value is -1.73. The van der Waals surface area contributed by atoms with Crippen LogP contribution in [0.25, 0.3) is 11.6 Å². The van der Waals surface area contributed by atoms with Gasteiger partial charge >= 0.3 is 0 Å². The molecule has 1 atom stereocenters. The summed E-state index contributed by atoms with van der Waals surface area (Å²) in [4.78, 5) is 4.40. The molecule has 1 aliphatic rings. The molecule has 96 valence electrons. The van der Waals surface area contributed by atoms with Crippen molar-refractivity contribution in [2.45, 2.75) is 13.0 Å². The van der Waals surface area contributed by atoms with Crippen LogP contribution in [0, 0.1) is 6.92 Å². The summed E-state index contributed by atoms with van der Waals surface area (Å²) in [6.07, 6.45) is 0. The van der Waals surface area contributed by atoms with Crippen molar-refractivity contribution in [1.82, 2.24) is 25.2 Å². The van der Waals surface area contributed by atoms with Gasteiger partial charge in [-0.2, -0.15) is 10.1 Å². The van der Waals surface area contributed by atoms with Crippen LogP contribution in [0.4, 0.5) is 0 Å². The number of nitrogens with zero attached hydrogens (tertiary/aromatic N) is 4. The molecule has 0 radical (unpaired) electrons. The highest BCUT2D eigenvalue weighted by Gasteiger charge is 2.22. The van der Waals surface area contributed by atoms with Crippen LogP contribution in [-0.4, -0.2) is 39.7 Å². The maximum atomic E-state index is 5.38. The normalized spacial score (nSPS) is 20.2. The Morgan fingerprint density at radius 3 is 3.06 bits per heavy atom. The molecule has 7 heteroatoms. The van der Waals surface area contributed by atoms with Crippen molar-refractivity contribution in [2.24, 2.45) is 7.05 Å². The Kier molecular flexibility index (Phi) is 2.85. The summed E-state index contributed by atoms with van der Waals surface area (Å²) in [7, 11) is 1.86. The number of aromatic nitrogens is 4. The van der Waals surface area contributed by atoms with Gasteiger partial charge in [-0.1, -0.05) is 5.16 Å². The van der Waals surface area contributed by atoms with Crippen molar-refractivity contribution >= 4 is 0 Å². The maximum absolute atomic E-state index is 5.38. The predicted molar refractivity (Wildman–Crippen MR) is 62.8 cm³/mol. The van der Waals surface area contributed by atoms with E-state index in [-0.39, 0.29) is 6.04 Å². The zero-order valence-corrected chi connectivity index (χ0v) is 10.4. The molecule has 1 unspecified atom stereocenters. The highest BCUT2D eigenvalue weighted by molar-refractivity contribution is 5.47. The van der Waals surface area contributed by atoms with Crippen molar-refractivity contribution in [3.8, 4) is 11.6 Å². The fourth-order valence-electron chi connectivity index (χ4n) is 2.02. The third-order valence-electron chi connectivity index (χ3n) is 2.90. The van der Waals surface area contributed by atoms with Gasteiger partial charge in [-0.05, 0) is 13.0 Å². The summed E-state index contributed by atoms with van der Waals surface area (Å²) in [5, 5.41) is 11.5. The Morgan fingerprint density at radius 2 is 2.39 bits per heavy atom. The van der Waals surface area contributed by atoms with Crippen molar-refractivity contribution in [3.63, 3.8) is 0 Å². The first-order chi connectivity index (χ1) is 8.74. The molecule has 1 saturated heterocycles. The van der Waals surface area contributed by atoms with Crippen LogP contribution in [-0.2, 0) is 11.8 Å². The zero-order chi connectivity index (χ0) is 12.5. The second-order valence-corrected chi connectivity index (χ2v) is 4.33. The third kappa shape index (κ3) is 2.02. The van der Waals surface area contributed by atoms with Crippen molar-refractivity contribution < 1.29 is 9.26 Å². The molecule has 3 rings (SSSR count). The van der Waals surface area contributed by atoms with Gasteiger partial charge in [-0.3, -0.25) is 4.68 Å². The maximum Gasteiger partial charge on any atom is 0.276 e. The molecule has 1 N–H and O–H groups in total. The van der Waals surface area contributed by atoms with E-state index in [0.29, 0.717) is 18.3 Å². The van der Waals surface area contributed by atoms with Gasteiger partial charge in [-0.15, -0.1) is 0 Å². The van der Waals surface area contributed by atoms with E-state index in [0.717, 1.165) is 24.5 Å². The van der Waals surface area contributed by atoms with Gasteiger partial charge in [0.05, 0.1) is 24.9 Å². The number of hydrogen-bond donors (Lipinski definition) is 1. The lowest BCUT2D eigenvalue weighted by Gasteiger charge is -2.20. The van der Waals surface area contributed by atoms with Gasteiger partial charge in [-0.25, -0.2) is 0 Å². The lowest BCUT2D eigenvalue weighted by Crippen LogP contribution is -2.35. The highest BCUT2D eigenvalue weighted by atomic mass is 16.5. The van der Waals surface area contributed by atoms with E-state index in [1.54, 1.807) is 4.68 Å². The van der Waals surface area contributed by atoms with Crippen molar-refractivity contribution in [1.29, 1.82) is 0 Å². The predicted octanol–water partition coefficient (Wildman–Crippen LogP) is 0.439. The van der Waals surface area contributed by atoms with Crippen LogP contribution in [0.1, 0.15) is 17.6 Å². The van der Waals surface area contributed by atoms with E-state index < -0.39 is 0 Å². The summed E-state index contributed by atoms with van der Waals surface area (Å²) in [6.45, 7) is 4.03. The number of hydrogen-bond acceptors (Lipinski definition) is 6. The molecule has 0 spiro atoms. The Labute approximate surface area is 104 Å². The van der Waals surface area contributed by atoms with Crippen LogP contribution in [0.3, 0.4) is 0 Å². The highest BCUT2D eigenvalue weighted by Crippen LogP contribution is 2.20. The molecule has 0 saturated carbocycles. The Balaban J connectivity index is 1.86. The molecule has 2 aromatic rings.